The highest BCUT2D eigenvalue weighted by atomic mass is 16.5. The lowest BCUT2D eigenvalue weighted by atomic mass is 9.78. The predicted octanol–water partition coefficient (Wildman–Crippen LogP) is 2.37. The number of hydrogen-bond acceptors (Lipinski definition) is 6. The molecule has 3 aliphatic heterocycles. The molecule has 31 heavy (non-hydrogen) atoms. The summed E-state index contributed by atoms with van der Waals surface area (Å²) in [4.78, 5) is 42.9. The first-order valence-corrected chi connectivity index (χ1v) is 10.5. The van der Waals surface area contributed by atoms with Gasteiger partial charge in [0.25, 0.3) is 11.7 Å². The number of piperidine rings is 1. The fourth-order valence-electron chi connectivity index (χ4n) is 5.36. The van der Waals surface area contributed by atoms with Crippen molar-refractivity contribution >= 4 is 17.6 Å². The van der Waals surface area contributed by atoms with Gasteiger partial charge in [-0.15, -0.1) is 0 Å². The van der Waals surface area contributed by atoms with Gasteiger partial charge in [-0.2, -0.15) is 0 Å². The fraction of sp³-hybridized carbons (Fsp3) is 0.435. The van der Waals surface area contributed by atoms with Crippen LogP contribution in [0.4, 0.5) is 0 Å². The molecule has 2 bridgehead atoms. The molecule has 162 valence electrons. The Labute approximate surface area is 179 Å². The van der Waals surface area contributed by atoms with Gasteiger partial charge in [-0.05, 0) is 49.4 Å². The first kappa shape index (κ1) is 19.7. The van der Waals surface area contributed by atoms with Crippen molar-refractivity contribution in [2.75, 3.05) is 20.8 Å². The summed E-state index contributed by atoms with van der Waals surface area (Å²) in [7, 11) is 3.19. The SMILES string of the molecule is COc1cc2c(c(OC)c1)C1[C@H]3CCC[C@@H](C(=O)N1CC2)N3C(=O)C(=O)c1ccco1. The number of ketones is 1. The number of fused-ring (bicyclic) bond motifs is 6. The molecule has 0 aliphatic carbocycles. The Morgan fingerprint density at radius 2 is 2.00 bits per heavy atom. The number of carbonyl (C=O) groups is 3. The van der Waals surface area contributed by atoms with E-state index in [9.17, 15) is 14.4 Å². The number of methoxy groups -OCH3 is 2. The Morgan fingerprint density at radius 1 is 1.16 bits per heavy atom. The van der Waals surface area contributed by atoms with Crippen LogP contribution in [0, 0.1) is 0 Å². The Kier molecular flexibility index (Phi) is 4.72. The van der Waals surface area contributed by atoms with Gasteiger partial charge in [0.1, 0.15) is 17.5 Å². The number of amides is 2. The number of nitrogens with zero attached hydrogens (tertiary/aromatic N) is 2. The number of ether oxygens (including phenoxy) is 2. The summed E-state index contributed by atoms with van der Waals surface area (Å²) >= 11 is 0. The molecule has 0 spiro atoms. The van der Waals surface area contributed by atoms with Crippen molar-refractivity contribution in [3.05, 3.63) is 47.4 Å². The van der Waals surface area contributed by atoms with Gasteiger partial charge < -0.3 is 23.7 Å². The van der Waals surface area contributed by atoms with Crippen LogP contribution in [-0.4, -0.2) is 60.2 Å². The maximum absolute atomic E-state index is 13.5. The molecule has 8 nitrogen and oxygen atoms in total. The lowest BCUT2D eigenvalue weighted by Gasteiger charge is -2.55. The van der Waals surface area contributed by atoms with E-state index in [0.29, 0.717) is 37.3 Å². The lowest BCUT2D eigenvalue weighted by Crippen LogP contribution is -2.68. The zero-order chi connectivity index (χ0) is 21.7. The third kappa shape index (κ3) is 2.92. The van der Waals surface area contributed by atoms with Crippen LogP contribution < -0.4 is 9.47 Å². The number of hydrogen-bond donors (Lipinski definition) is 0. The third-order valence-corrected chi connectivity index (χ3v) is 6.69. The smallest absolute Gasteiger partial charge is 0.299 e. The second-order valence-corrected chi connectivity index (χ2v) is 8.16. The molecular formula is C23H24N2O6. The van der Waals surface area contributed by atoms with Gasteiger partial charge in [0.15, 0.2) is 5.76 Å². The summed E-state index contributed by atoms with van der Waals surface area (Å²) in [6.45, 7) is 0.563. The van der Waals surface area contributed by atoms with E-state index in [1.54, 1.807) is 20.3 Å². The van der Waals surface area contributed by atoms with Crippen molar-refractivity contribution in [1.29, 1.82) is 0 Å². The maximum atomic E-state index is 13.5. The molecule has 4 heterocycles. The summed E-state index contributed by atoms with van der Waals surface area (Å²) in [6.07, 6.45) is 4.13. The van der Waals surface area contributed by atoms with E-state index in [1.165, 1.54) is 17.2 Å². The summed E-state index contributed by atoms with van der Waals surface area (Å²) < 4.78 is 16.2. The largest absolute Gasteiger partial charge is 0.497 e. The molecule has 2 saturated heterocycles. The Balaban J connectivity index is 1.60. The molecule has 0 radical (unpaired) electrons. The number of furan rings is 1. The molecule has 5 rings (SSSR count). The van der Waals surface area contributed by atoms with Crippen LogP contribution in [0.15, 0.2) is 34.9 Å². The highest BCUT2D eigenvalue weighted by Gasteiger charge is 2.54. The number of Topliss-reactive ketones (excluding diaryl/α,β-unsaturated/α-hetero) is 1. The third-order valence-electron chi connectivity index (χ3n) is 6.69. The summed E-state index contributed by atoms with van der Waals surface area (Å²) in [5.41, 5.74) is 1.94. The van der Waals surface area contributed by atoms with Crippen molar-refractivity contribution in [2.24, 2.45) is 0 Å². The number of piperazine rings is 1. The average Bonchev–Trinajstić information content (AvgIpc) is 3.34. The first-order valence-electron chi connectivity index (χ1n) is 10.5. The summed E-state index contributed by atoms with van der Waals surface area (Å²) in [5.74, 6) is -0.202. The molecule has 1 aromatic heterocycles. The van der Waals surface area contributed by atoms with Gasteiger partial charge in [0.05, 0.1) is 32.6 Å². The zero-order valence-corrected chi connectivity index (χ0v) is 17.5. The van der Waals surface area contributed by atoms with E-state index in [4.69, 9.17) is 13.9 Å². The van der Waals surface area contributed by atoms with Gasteiger partial charge in [0, 0.05) is 18.2 Å². The van der Waals surface area contributed by atoms with Crippen LogP contribution in [0.1, 0.15) is 47.0 Å². The standard InChI is InChI=1S/C23H24N2O6/c1-29-14-11-13-8-9-24-20(19(13)18(12-14)30-2)15-5-3-6-16(22(24)27)25(15)23(28)21(26)17-7-4-10-31-17/h4,7,10-12,15-16,20H,3,5-6,8-9H2,1-2H3/t15-,16+,20?/m1/s1. The van der Waals surface area contributed by atoms with Crippen molar-refractivity contribution < 1.29 is 28.3 Å². The number of carbonyl (C=O) groups excluding carboxylic acids is 3. The van der Waals surface area contributed by atoms with Gasteiger partial charge in [-0.1, -0.05) is 0 Å². The maximum Gasteiger partial charge on any atom is 0.299 e. The van der Waals surface area contributed by atoms with Crippen LogP contribution in [0.3, 0.4) is 0 Å². The van der Waals surface area contributed by atoms with E-state index >= 15 is 0 Å². The molecule has 1 unspecified atom stereocenters. The predicted molar refractivity (Wildman–Crippen MR) is 109 cm³/mol. The van der Waals surface area contributed by atoms with Gasteiger partial charge in [-0.25, -0.2) is 0 Å². The van der Waals surface area contributed by atoms with Crippen molar-refractivity contribution in [2.45, 2.75) is 43.8 Å². The normalized spacial score (nSPS) is 24.3. The minimum Gasteiger partial charge on any atom is -0.497 e. The minimum absolute atomic E-state index is 0.00990. The van der Waals surface area contributed by atoms with Crippen LogP contribution in [0.2, 0.25) is 0 Å². The molecule has 2 aromatic rings. The molecule has 2 amide bonds. The second-order valence-electron chi connectivity index (χ2n) is 8.16. The lowest BCUT2D eigenvalue weighted by molar-refractivity contribution is -0.164. The van der Waals surface area contributed by atoms with Gasteiger partial charge in [0.2, 0.25) is 5.91 Å². The molecular weight excluding hydrogens is 400 g/mol. The van der Waals surface area contributed by atoms with E-state index in [2.05, 4.69) is 0 Å². The molecule has 2 fully saturated rings. The molecule has 8 heteroatoms. The molecule has 0 N–H and O–H groups in total. The van der Waals surface area contributed by atoms with Crippen LogP contribution in [-0.2, 0) is 16.0 Å². The van der Waals surface area contributed by atoms with Gasteiger partial charge in [-0.3, -0.25) is 14.4 Å². The first-order chi connectivity index (χ1) is 15.0. The highest BCUT2D eigenvalue weighted by molar-refractivity contribution is 6.42. The van der Waals surface area contributed by atoms with E-state index in [1.807, 2.05) is 17.0 Å². The molecule has 3 atom stereocenters. The number of benzene rings is 1. The Hall–Kier alpha value is -3.29. The fourth-order valence-corrected chi connectivity index (χ4v) is 5.36. The van der Waals surface area contributed by atoms with E-state index in [0.717, 1.165) is 17.5 Å². The quantitative estimate of drug-likeness (QED) is 0.553. The summed E-state index contributed by atoms with van der Waals surface area (Å²) in [6, 6.07) is 5.54. The van der Waals surface area contributed by atoms with E-state index in [-0.39, 0.29) is 23.8 Å². The number of rotatable bonds is 4. The molecule has 1 aromatic carbocycles. The van der Waals surface area contributed by atoms with Crippen LogP contribution >= 0.6 is 0 Å². The zero-order valence-electron chi connectivity index (χ0n) is 17.5. The topological polar surface area (TPSA) is 89.3 Å². The molecule has 3 aliphatic rings. The Bertz CT molecular complexity index is 1030. The van der Waals surface area contributed by atoms with Crippen molar-refractivity contribution in [1.82, 2.24) is 9.80 Å². The van der Waals surface area contributed by atoms with Crippen LogP contribution in [0.5, 0.6) is 11.5 Å². The van der Waals surface area contributed by atoms with Gasteiger partial charge >= 0.3 is 0 Å². The minimum atomic E-state index is -0.721. The second kappa shape index (κ2) is 7.44. The van der Waals surface area contributed by atoms with Crippen molar-refractivity contribution in [3.8, 4) is 11.5 Å². The molecule has 0 saturated carbocycles. The average molecular weight is 424 g/mol. The van der Waals surface area contributed by atoms with E-state index < -0.39 is 17.7 Å². The highest BCUT2D eigenvalue weighted by Crippen LogP contribution is 2.48. The summed E-state index contributed by atoms with van der Waals surface area (Å²) in [5, 5.41) is 0. The Morgan fingerprint density at radius 3 is 2.71 bits per heavy atom. The van der Waals surface area contributed by atoms with Crippen LogP contribution in [0.25, 0.3) is 0 Å². The monoisotopic (exact) mass is 424 g/mol. The van der Waals surface area contributed by atoms with Crippen molar-refractivity contribution in [3.63, 3.8) is 0 Å².